The summed E-state index contributed by atoms with van der Waals surface area (Å²) >= 11 is 1.66. The normalized spacial score (nSPS) is 15.2. The summed E-state index contributed by atoms with van der Waals surface area (Å²) in [5, 5.41) is 12.1. The van der Waals surface area contributed by atoms with Crippen LogP contribution in [0.1, 0.15) is 74.8 Å². The monoisotopic (exact) mass is 489 g/mol. The maximum absolute atomic E-state index is 13.8. The molecule has 2 heterocycles. The zero-order valence-corrected chi connectivity index (χ0v) is 22.3. The van der Waals surface area contributed by atoms with Crippen LogP contribution in [0.5, 0.6) is 0 Å². The van der Waals surface area contributed by atoms with Crippen molar-refractivity contribution in [3.05, 3.63) is 76.0 Å². The summed E-state index contributed by atoms with van der Waals surface area (Å²) in [4.78, 5) is 18.5. The van der Waals surface area contributed by atoms with E-state index in [0.717, 1.165) is 51.8 Å². The van der Waals surface area contributed by atoms with Crippen molar-refractivity contribution in [2.75, 3.05) is 16.4 Å². The molecule has 2 aromatic carbocycles. The van der Waals surface area contributed by atoms with Gasteiger partial charge in [0.25, 0.3) is 5.91 Å². The van der Waals surface area contributed by atoms with Crippen molar-refractivity contribution in [2.45, 2.75) is 71.5 Å². The van der Waals surface area contributed by atoms with Gasteiger partial charge in [-0.25, -0.2) is 4.68 Å². The standard InChI is InChI=1S/C28H35N5OS/c1-7-8-16-35-28-31-27-29-20(6)24(26(34)30-23-11-9-10-18(4)19(23)5)25(33(27)32-28)22-14-12-21(13-15-22)17(2)3/h9-15,17,25H,7-8,16H2,1-6H3,(H,30,34)(H,29,31,32). The van der Waals surface area contributed by atoms with Gasteiger partial charge in [-0.05, 0) is 61.4 Å². The third kappa shape index (κ3) is 5.30. The molecule has 0 fully saturated rings. The first-order chi connectivity index (χ1) is 16.8. The third-order valence-corrected chi connectivity index (χ3v) is 7.50. The van der Waals surface area contributed by atoms with Gasteiger partial charge in [0.1, 0.15) is 6.04 Å². The van der Waals surface area contributed by atoms with Crippen LogP contribution >= 0.6 is 11.8 Å². The Kier molecular flexibility index (Phi) is 7.65. The van der Waals surface area contributed by atoms with Gasteiger partial charge in [-0.2, -0.15) is 4.98 Å². The summed E-state index contributed by atoms with van der Waals surface area (Å²) in [6.07, 6.45) is 2.25. The van der Waals surface area contributed by atoms with Gasteiger partial charge in [-0.15, -0.1) is 5.10 Å². The first-order valence-corrected chi connectivity index (χ1v) is 13.3. The molecular weight excluding hydrogens is 454 g/mol. The molecule has 1 atom stereocenters. The molecule has 1 aliphatic heterocycles. The van der Waals surface area contributed by atoms with Crippen LogP contribution in [0.4, 0.5) is 11.6 Å². The Balaban J connectivity index is 1.74. The van der Waals surface area contributed by atoms with Crippen molar-refractivity contribution in [3.8, 4) is 0 Å². The summed E-state index contributed by atoms with van der Waals surface area (Å²) in [7, 11) is 0. The average molecular weight is 490 g/mol. The molecule has 4 rings (SSSR count). The summed E-state index contributed by atoms with van der Waals surface area (Å²) in [6, 6.07) is 14.1. The lowest BCUT2D eigenvalue weighted by Crippen LogP contribution is -2.31. The predicted molar refractivity (Wildman–Crippen MR) is 145 cm³/mol. The number of allylic oxidation sites excluding steroid dienone is 1. The van der Waals surface area contributed by atoms with Crippen LogP contribution in [0.3, 0.4) is 0 Å². The minimum absolute atomic E-state index is 0.136. The van der Waals surface area contributed by atoms with Gasteiger partial charge < -0.3 is 10.6 Å². The SMILES string of the molecule is CCCCSc1nc2n(n1)C(c1ccc(C(C)C)cc1)C(C(=O)Nc1cccc(C)c1C)=C(C)N2. The number of nitrogens with one attached hydrogen (secondary N) is 2. The lowest BCUT2D eigenvalue weighted by Gasteiger charge is -2.29. The van der Waals surface area contributed by atoms with E-state index in [9.17, 15) is 4.79 Å². The van der Waals surface area contributed by atoms with Crippen LogP contribution in [0.15, 0.2) is 58.9 Å². The molecule has 1 unspecified atom stereocenters. The number of hydrogen-bond acceptors (Lipinski definition) is 5. The van der Waals surface area contributed by atoms with E-state index in [1.54, 1.807) is 11.8 Å². The average Bonchev–Trinajstić information content (AvgIpc) is 3.23. The number of amides is 1. The molecule has 2 N–H and O–H groups in total. The number of hydrogen-bond donors (Lipinski definition) is 2. The fourth-order valence-electron chi connectivity index (χ4n) is 4.24. The van der Waals surface area contributed by atoms with E-state index < -0.39 is 0 Å². The Morgan fingerprint density at radius 3 is 2.57 bits per heavy atom. The maximum Gasteiger partial charge on any atom is 0.255 e. The van der Waals surface area contributed by atoms with E-state index in [1.165, 1.54) is 5.56 Å². The molecule has 7 heteroatoms. The van der Waals surface area contributed by atoms with Crippen molar-refractivity contribution in [2.24, 2.45) is 0 Å². The number of nitrogens with zero attached hydrogens (tertiary/aromatic N) is 3. The Labute approximate surface area is 212 Å². The summed E-state index contributed by atoms with van der Waals surface area (Å²) < 4.78 is 1.86. The lowest BCUT2D eigenvalue weighted by atomic mass is 9.92. The Morgan fingerprint density at radius 1 is 1.14 bits per heavy atom. The van der Waals surface area contributed by atoms with E-state index in [2.05, 4.69) is 68.7 Å². The van der Waals surface area contributed by atoms with Crippen molar-refractivity contribution in [1.82, 2.24) is 14.8 Å². The van der Waals surface area contributed by atoms with Crippen LogP contribution in [0, 0.1) is 13.8 Å². The van der Waals surface area contributed by atoms with Crippen LogP contribution in [0.2, 0.25) is 0 Å². The number of aromatic nitrogens is 3. The summed E-state index contributed by atoms with van der Waals surface area (Å²) in [5.74, 6) is 1.94. The molecule has 0 saturated heterocycles. The quantitative estimate of drug-likeness (QED) is 0.268. The van der Waals surface area contributed by atoms with Crippen LogP contribution in [0.25, 0.3) is 0 Å². The largest absolute Gasteiger partial charge is 0.328 e. The number of benzene rings is 2. The zero-order chi connectivity index (χ0) is 25.1. The second-order valence-electron chi connectivity index (χ2n) is 9.45. The molecular formula is C28H35N5OS. The fourth-order valence-corrected chi connectivity index (χ4v) is 5.15. The number of aryl methyl sites for hydroxylation is 1. The number of carbonyl (C=O) groups excluding carboxylic acids is 1. The van der Waals surface area contributed by atoms with E-state index in [1.807, 2.05) is 30.7 Å². The smallest absolute Gasteiger partial charge is 0.255 e. The number of thioether (sulfide) groups is 1. The van der Waals surface area contributed by atoms with E-state index >= 15 is 0 Å². The highest BCUT2D eigenvalue weighted by Crippen LogP contribution is 2.37. The molecule has 0 saturated carbocycles. The van der Waals surface area contributed by atoms with Crippen molar-refractivity contribution in [1.29, 1.82) is 0 Å². The second kappa shape index (κ2) is 10.7. The number of anilines is 2. The van der Waals surface area contributed by atoms with Gasteiger partial charge in [0.2, 0.25) is 11.1 Å². The molecule has 1 aromatic heterocycles. The lowest BCUT2D eigenvalue weighted by molar-refractivity contribution is -0.113. The topological polar surface area (TPSA) is 71.8 Å². The highest BCUT2D eigenvalue weighted by molar-refractivity contribution is 7.99. The molecule has 0 aliphatic carbocycles. The second-order valence-corrected chi connectivity index (χ2v) is 10.5. The van der Waals surface area contributed by atoms with Crippen LogP contribution in [-0.4, -0.2) is 26.4 Å². The third-order valence-electron chi connectivity index (χ3n) is 6.58. The minimum atomic E-state index is -0.370. The Hall–Kier alpha value is -3.06. The summed E-state index contributed by atoms with van der Waals surface area (Å²) in [6.45, 7) is 12.6. The highest BCUT2D eigenvalue weighted by atomic mass is 32.2. The Bertz CT molecular complexity index is 1240. The first kappa shape index (κ1) is 25.0. The fraction of sp³-hybridized carbons (Fsp3) is 0.393. The molecule has 35 heavy (non-hydrogen) atoms. The minimum Gasteiger partial charge on any atom is -0.328 e. The summed E-state index contributed by atoms with van der Waals surface area (Å²) in [5.41, 5.74) is 6.74. The van der Waals surface area contributed by atoms with Crippen molar-refractivity contribution >= 4 is 29.3 Å². The van der Waals surface area contributed by atoms with Gasteiger partial charge >= 0.3 is 0 Å². The van der Waals surface area contributed by atoms with E-state index in [4.69, 9.17) is 10.1 Å². The van der Waals surface area contributed by atoms with Gasteiger partial charge in [0.15, 0.2) is 0 Å². The molecule has 0 spiro atoms. The van der Waals surface area contributed by atoms with E-state index in [0.29, 0.717) is 17.4 Å². The molecule has 1 aliphatic rings. The van der Waals surface area contributed by atoms with Crippen LogP contribution in [-0.2, 0) is 4.79 Å². The maximum atomic E-state index is 13.8. The zero-order valence-electron chi connectivity index (χ0n) is 21.5. The predicted octanol–water partition coefficient (Wildman–Crippen LogP) is 6.84. The first-order valence-electron chi connectivity index (χ1n) is 12.3. The van der Waals surface area contributed by atoms with E-state index in [-0.39, 0.29) is 11.9 Å². The molecule has 6 nitrogen and oxygen atoms in total. The molecule has 3 aromatic rings. The van der Waals surface area contributed by atoms with Crippen molar-refractivity contribution < 1.29 is 4.79 Å². The van der Waals surface area contributed by atoms with Gasteiger partial charge in [-0.3, -0.25) is 4.79 Å². The van der Waals surface area contributed by atoms with Crippen molar-refractivity contribution in [3.63, 3.8) is 0 Å². The van der Waals surface area contributed by atoms with Gasteiger partial charge in [-0.1, -0.05) is 75.4 Å². The van der Waals surface area contributed by atoms with Crippen LogP contribution < -0.4 is 10.6 Å². The number of fused-ring (bicyclic) bond motifs is 1. The molecule has 0 bridgehead atoms. The number of rotatable bonds is 8. The Morgan fingerprint density at radius 2 is 1.89 bits per heavy atom. The molecule has 1 amide bonds. The highest BCUT2D eigenvalue weighted by Gasteiger charge is 2.34. The van der Waals surface area contributed by atoms with Gasteiger partial charge in [0.05, 0.1) is 5.57 Å². The number of carbonyl (C=O) groups is 1. The molecule has 184 valence electrons. The van der Waals surface area contributed by atoms with Gasteiger partial charge in [0, 0.05) is 17.1 Å². The number of unbranched alkanes of at least 4 members (excludes halogenated alkanes) is 1. The molecule has 0 radical (unpaired) electrons.